The summed E-state index contributed by atoms with van der Waals surface area (Å²) in [5.41, 5.74) is 0. The summed E-state index contributed by atoms with van der Waals surface area (Å²) in [7, 11) is -0.380. The van der Waals surface area contributed by atoms with E-state index in [0.29, 0.717) is 0 Å². The van der Waals surface area contributed by atoms with Crippen LogP contribution in [0, 0.1) is 0 Å². The van der Waals surface area contributed by atoms with E-state index in [9.17, 15) is 0 Å². The maximum absolute atomic E-state index is 2.55. The fourth-order valence-corrected chi connectivity index (χ4v) is 27.0. The molecule has 0 fully saturated rings. The van der Waals surface area contributed by atoms with Gasteiger partial charge in [-0.25, -0.2) is 0 Å². The van der Waals surface area contributed by atoms with E-state index in [0.717, 1.165) is 3.91 Å². The highest BCUT2D eigenvalue weighted by molar-refractivity contribution is 7.12. The SMILES string of the molecule is C[Si](C)C([Si](C)C)([Si](C)C)[Si](C)C. The fourth-order valence-electron chi connectivity index (χ4n) is 3.00. The summed E-state index contributed by atoms with van der Waals surface area (Å²) in [6, 6.07) is 0. The molecule has 0 bridgehead atoms. The summed E-state index contributed by atoms with van der Waals surface area (Å²) in [6.45, 7) is 20.4. The first-order valence-electron chi connectivity index (χ1n) is 5.00. The van der Waals surface area contributed by atoms with Crippen LogP contribution in [-0.4, -0.2) is 35.2 Å². The highest BCUT2D eigenvalue weighted by Gasteiger charge is 2.45. The molecule has 0 atom stereocenters. The van der Waals surface area contributed by atoms with E-state index in [2.05, 4.69) is 52.4 Å². The average molecular weight is 245 g/mol. The Kier molecular flexibility index (Phi) is 5.43. The van der Waals surface area contributed by atoms with Gasteiger partial charge in [0.2, 0.25) is 0 Å². The molecule has 4 radical (unpaired) electrons. The van der Waals surface area contributed by atoms with Gasteiger partial charge in [-0.3, -0.25) is 0 Å². The number of rotatable bonds is 4. The Morgan fingerprint density at radius 2 is 0.615 bits per heavy atom. The third-order valence-electron chi connectivity index (χ3n) is 3.00. The molecule has 0 heterocycles. The minimum absolute atomic E-state index is 0.0949. The van der Waals surface area contributed by atoms with Gasteiger partial charge in [-0.2, -0.15) is 0 Å². The van der Waals surface area contributed by atoms with Crippen LogP contribution in [0.25, 0.3) is 0 Å². The molecule has 0 saturated carbocycles. The summed E-state index contributed by atoms with van der Waals surface area (Å²) in [4.78, 5) is 0. The summed E-state index contributed by atoms with van der Waals surface area (Å²) >= 11 is 0. The maximum Gasteiger partial charge on any atom is 0.0387 e. The van der Waals surface area contributed by atoms with Crippen molar-refractivity contribution >= 4 is 35.2 Å². The lowest BCUT2D eigenvalue weighted by Crippen LogP contribution is -2.55. The monoisotopic (exact) mass is 244 g/mol. The maximum atomic E-state index is 2.55. The van der Waals surface area contributed by atoms with Crippen molar-refractivity contribution in [2.24, 2.45) is 0 Å². The number of hydrogen-bond acceptors (Lipinski definition) is 0. The third kappa shape index (κ3) is 2.46. The lowest BCUT2D eigenvalue weighted by atomic mass is 11.7. The minimum atomic E-state index is -0.0949. The summed E-state index contributed by atoms with van der Waals surface area (Å²) < 4.78 is 0.907. The number of hydrogen-bond donors (Lipinski definition) is 0. The largest absolute Gasteiger partial charge is 0.0715 e. The Hall–Kier alpha value is 0.868. The second-order valence-electron chi connectivity index (χ2n) is 4.75. The van der Waals surface area contributed by atoms with Crippen molar-refractivity contribution in [3.8, 4) is 0 Å². The Morgan fingerprint density at radius 3 is 0.615 bits per heavy atom. The van der Waals surface area contributed by atoms with E-state index in [1.807, 2.05) is 0 Å². The average Bonchev–Trinajstić information content (AvgIpc) is 1.82. The van der Waals surface area contributed by atoms with Gasteiger partial charge in [0, 0.05) is 35.2 Å². The standard InChI is InChI=1S/C9H24Si4/c1-10(2)9(11(3)4,12(5)6)13(7)8/h1-8H3. The molecule has 0 aromatic rings. The summed E-state index contributed by atoms with van der Waals surface area (Å²) in [5.74, 6) is 0. The van der Waals surface area contributed by atoms with Gasteiger partial charge in [-0.1, -0.05) is 56.3 Å². The highest BCUT2D eigenvalue weighted by atomic mass is 28.5. The molecular formula is C9H24Si4. The molecule has 4 heteroatoms. The van der Waals surface area contributed by atoms with Gasteiger partial charge in [-0.15, -0.1) is 0 Å². The molecule has 0 aliphatic heterocycles. The van der Waals surface area contributed by atoms with E-state index < -0.39 is 0 Å². The zero-order valence-electron chi connectivity index (χ0n) is 10.5. The van der Waals surface area contributed by atoms with Crippen LogP contribution < -0.4 is 0 Å². The van der Waals surface area contributed by atoms with Crippen molar-refractivity contribution in [1.29, 1.82) is 0 Å². The van der Waals surface area contributed by atoms with Crippen LogP contribution in [0.3, 0.4) is 0 Å². The molecule has 0 aromatic carbocycles. The first-order chi connectivity index (χ1) is 5.77. The topological polar surface area (TPSA) is 0 Å². The van der Waals surface area contributed by atoms with Crippen LogP contribution in [-0.2, 0) is 0 Å². The molecule has 0 amide bonds. The minimum Gasteiger partial charge on any atom is -0.0715 e. The van der Waals surface area contributed by atoms with Crippen LogP contribution >= 0.6 is 0 Å². The van der Waals surface area contributed by atoms with Crippen molar-refractivity contribution in [2.75, 3.05) is 0 Å². The second kappa shape index (κ2) is 5.09. The zero-order valence-corrected chi connectivity index (χ0v) is 14.5. The van der Waals surface area contributed by atoms with Gasteiger partial charge in [0.15, 0.2) is 0 Å². The van der Waals surface area contributed by atoms with Gasteiger partial charge >= 0.3 is 0 Å². The second-order valence-corrected chi connectivity index (χ2v) is 18.8. The summed E-state index contributed by atoms with van der Waals surface area (Å²) in [5, 5.41) is 0. The van der Waals surface area contributed by atoms with Crippen LogP contribution in [0.4, 0.5) is 0 Å². The van der Waals surface area contributed by atoms with Crippen molar-refractivity contribution in [2.45, 2.75) is 56.3 Å². The van der Waals surface area contributed by atoms with Crippen molar-refractivity contribution in [1.82, 2.24) is 0 Å². The lowest BCUT2D eigenvalue weighted by molar-refractivity contribution is 1.34. The molecule has 0 aliphatic rings. The van der Waals surface area contributed by atoms with Crippen molar-refractivity contribution < 1.29 is 0 Å². The summed E-state index contributed by atoms with van der Waals surface area (Å²) in [6.07, 6.45) is 0. The highest BCUT2D eigenvalue weighted by Crippen LogP contribution is 2.39. The fraction of sp³-hybridized carbons (Fsp3) is 1.00. The molecule has 0 aromatic heterocycles. The Bertz CT molecular complexity index is 114. The van der Waals surface area contributed by atoms with Gasteiger partial charge in [-0.05, 0) is 0 Å². The van der Waals surface area contributed by atoms with Crippen LogP contribution in [0.2, 0.25) is 56.3 Å². The first-order valence-corrected chi connectivity index (χ1v) is 15.0. The van der Waals surface area contributed by atoms with Gasteiger partial charge in [0.1, 0.15) is 0 Å². The normalized spacial score (nSPS) is 13.8. The smallest absolute Gasteiger partial charge is 0.0387 e. The van der Waals surface area contributed by atoms with Crippen molar-refractivity contribution in [3.05, 3.63) is 0 Å². The molecular weight excluding hydrogens is 220 g/mol. The van der Waals surface area contributed by atoms with Crippen molar-refractivity contribution in [3.63, 3.8) is 0 Å². The van der Waals surface area contributed by atoms with Crippen LogP contribution in [0.15, 0.2) is 0 Å². The quantitative estimate of drug-likeness (QED) is 0.665. The first kappa shape index (κ1) is 13.9. The molecule has 0 nitrogen and oxygen atoms in total. The van der Waals surface area contributed by atoms with Gasteiger partial charge in [0.05, 0.1) is 0 Å². The molecule has 13 heavy (non-hydrogen) atoms. The Balaban J connectivity index is 5.06. The molecule has 0 rings (SSSR count). The van der Waals surface area contributed by atoms with Gasteiger partial charge < -0.3 is 0 Å². The van der Waals surface area contributed by atoms with Crippen LogP contribution in [0.5, 0.6) is 0 Å². The molecule has 76 valence electrons. The molecule has 0 unspecified atom stereocenters. The van der Waals surface area contributed by atoms with E-state index in [4.69, 9.17) is 0 Å². The Labute approximate surface area is 91.6 Å². The molecule has 0 aliphatic carbocycles. The third-order valence-corrected chi connectivity index (χ3v) is 27.0. The lowest BCUT2D eigenvalue weighted by Gasteiger charge is -2.46. The molecule has 0 saturated heterocycles. The predicted molar refractivity (Wildman–Crippen MR) is 72.6 cm³/mol. The van der Waals surface area contributed by atoms with Crippen LogP contribution in [0.1, 0.15) is 0 Å². The Morgan fingerprint density at radius 1 is 0.462 bits per heavy atom. The molecule has 0 N–H and O–H groups in total. The van der Waals surface area contributed by atoms with E-state index in [1.54, 1.807) is 0 Å². The molecule has 0 spiro atoms. The van der Waals surface area contributed by atoms with E-state index >= 15 is 0 Å². The van der Waals surface area contributed by atoms with Gasteiger partial charge in [0.25, 0.3) is 0 Å². The van der Waals surface area contributed by atoms with E-state index in [1.165, 1.54) is 0 Å². The predicted octanol–water partition coefficient (Wildman–Crippen LogP) is 3.36. The van der Waals surface area contributed by atoms with E-state index in [-0.39, 0.29) is 35.2 Å². The zero-order chi connectivity index (χ0) is 10.8.